The van der Waals surface area contributed by atoms with Crippen molar-refractivity contribution in [3.63, 3.8) is 0 Å². The van der Waals surface area contributed by atoms with E-state index in [1.807, 2.05) is 20.8 Å². The highest BCUT2D eigenvalue weighted by atomic mass is 32.3. The van der Waals surface area contributed by atoms with E-state index in [2.05, 4.69) is 0 Å². The maximum atomic E-state index is 14.6. The van der Waals surface area contributed by atoms with Crippen LogP contribution in [-0.2, 0) is 19.2 Å². The Hall–Kier alpha value is -2.50. The van der Waals surface area contributed by atoms with Gasteiger partial charge in [0.15, 0.2) is 0 Å². The van der Waals surface area contributed by atoms with E-state index in [1.165, 1.54) is 60.7 Å². The van der Waals surface area contributed by atoms with E-state index in [4.69, 9.17) is 3.63 Å². The van der Waals surface area contributed by atoms with Crippen LogP contribution in [-0.4, -0.2) is 26.0 Å². The molecule has 0 radical (unpaired) electrons. The first-order valence-electron chi connectivity index (χ1n) is 10.6. The fourth-order valence-electron chi connectivity index (χ4n) is 3.39. The SMILES string of the molecule is CC(C)(C)c1ccc(S(OS(=O)(=O)C(F)(F)C(F)C(F)(F)F)(c2ccccc2)c2ccccc2)cc1. The van der Waals surface area contributed by atoms with Gasteiger partial charge in [-0.25, -0.2) is 8.02 Å². The van der Waals surface area contributed by atoms with Crippen molar-refractivity contribution in [2.45, 2.75) is 58.5 Å². The van der Waals surface area contributed by atoms with Gasteiger partial charge in [-0.15, -0.1) is 0 Å². The quantitative estimate of drug-likeness (QED) is 0.280. The fraction of sp³-hybridized carbons (Fsp3) is 0.280. The second kappa shape index (κ2) is 9.75. The Morgan fingerprint density at radius 2 is 1.06 bits per heavy atom. The molecule has 11 heteroatoms. The molecule has 0 aromatic heterocycles. The monoisotopic (exact) mass is 550 g/mol. The zero-order valence-electron chi connectivity index (χ0n) is 19.5. The number of halogens is 6. The molecule has 0 N–H and O–H groups in total. The van der Waals surface area contributed by atoms with Crippen molar-refractivity contribution in [3.8, 4) is 0 Å². The second-order valence-corrected chi connectivity index (χ2v) is 13.5. The molecule has 0 saturated carbocycles. The lowest BCUT2D eigenvalue weighted by Gasteiger charge is -2.40. The van der Waals surface area contributed by atoms with Crippen LogP contribution >= 0.6 is 10.3 Å². The fourth-order valence-corrected chi connectivity index (χ4v) is 8.58. The molecule has 3 aromatic carbocycles. The van der Waals surface area contributed by atoms with Gasteiger partial charge in [-0.2, -0.15) is 30.4 Å². The first-order chi connectivity index (χ1) is 16.5. The van der Waals surface area contributed by atoms with Crippen LogP contribution in [0.25, 0.3) is 0 Å². The van der Waals surface area contributed by atoms with Crippen molar-refractivity contribution in [1.82, 2.24) is 0 Å². The third-order valence-corrected chi connectivity index (χ3v) is 10.5. The van der Waals surface area contributed by atoms with Gasteiger partial charge in [0.2, 0.25) is 0 Å². The summed E-state index contributed by atoms with van der Waals surface area (Å²) in [6.45, 7) is 5.78. The number of benzene rings is 3. The van der Waals surface area contributed by atoms with Gasteiger partial charge < -0.3 is 0 Å². The van der Waals surface area contributed by atoms with Crippen molar-refractivity contribution in [1.29, 1.82) is 0 Å². The molecule has 3 nitrogen and oxygen atoms in total. The summed E-state index contributed by atoms with van der Waals surface area (Å²) in [5.74, 6) is 0. The molecule has 0 amide bonds. The second-order valence-electron chi connectivity index (χ2n) is 8.94. The maximum Gasteiger partial charge on any atom is 0.426 e. The van der Waals surface area contributed by atoms with Crippen LogP contribution in [0.2, 0.25) is 0 Å². The van der Waals surface area contributed by atoms with Crippen LogP contribution in [0.4, 0.5) is 26.3 Å². The highest BCUT2D eigenvalue weighted by molar-refractivity contribution is 8.33. The van der Waals surface area contributed by atoms with Crippen LogP contribution in [0, 0.1) is 0 Å². The molecule has 1 atom stereocenters. The third-order valence-electron chi connectivity index (χ3n) is 5.31. The Kier molecular flexibility index (Phi) is 7.61. The average Bonchev–Trinajstić information content (AvgIpc) is 2.82. The van der Waals surface area contributed by atoms with E-state index in [0.29, 0.717) is 0 Å². The zero-order chi connectivity index (χ0) is 27.0. The van der Waals surface area contributed by atoms with Gasteiger partial charge in [0.1, 0.15) is 0 Å². The summed E-state index contributed by atoms with van der Waals surface area (Å²) >= 11 is 0. The van der Waals surface area contributed by atoms with Gasteiger partial charge in [0.05, 0.1) is 0 Å². The van der Waals surface area contributed by atoms with Crippen LogP contribution in [0.5, 0.6) is 0 Å². The Labute approximate surface area is 207 Å². The van der Waals surface area contributed by atoms with E-state index in [-0.39, 0.29) is 20.1 Å². The number of rotatable bonds is 7. The molecule has 0 aliphatic rings. The molecular weight excluding hydrogens is 526 g/mol. The molecule has 196 valence electrons. The van der Waals surface area contributed by atoms with Gasteiger partial charge in [0.25, 0.3) is 6.17 Å². The Morgan fingerprint density at radius 1 is 0.667 bits per heavy atom. The average molecular weight is 551 g/mol. The summed E-state index contributed by atoms with van der Waals surface area (Å²) in [7, 11) is -10.1. The Morgan fingerprint density at radius 3 is 1.42 bits per heavy atom. The minimum absolute atomic E-state index is 0.113. The molecule has 3 rings (SSSR count). The summed E-state index contributed by atoms with van der Waals surface area (Å²) in [6, 6.07) is 21.2. The molecule has 0 aliphatic carbocycles. The summed E-state index contributed by atoms with van der Waals surface area (Å²) in [6.07, 6.45) is -11.1. The molecule has 0 spiro atoms. The summed E-state index contributed by atoms with van der Waals surface area (Å²) in [4.78, 5) is 0.345. The minimum Gasteiger partial charge on any atom is -0.229 e. The molecule has 0 bridgehead atoms. The summed E-state index contributed by atoms with van der Waals surface area (Å²) in [5, 5.41) is -5.90. The maximum absolute atomic E-state index is 14.6. The molecule has 36 heavy (non-hydrogen) atoms. The Bertz CT molecular complexity index is 1230. The molecule has 0 saturated heterocycles. The molecular formula is C25H24F6O3S2. The predicted molar refractivity (Wildman–Crippen MR) is 126 cm³/mol. The largest absolute Gasteiger partial charge is 0.426 e. The van der Waals surface area contributed by atoms with E-state index < -0.39 is 38.0 Å². The van der Waals surface area contributed by atoms with Gasteiger partial charge >= 0.3 is 21.5 Å². The number of hydrogen-bond acceptors (Lipinski definition) is 3. The standard InChI is InChI=1S/C25H24F6O3S2/c1-23(2,3)18-14-16-21(17-15-18)35(19-10-6-4-7-11-19,20-12-8-5-9-13-20)34-36(32,33)25(30,31)22(26)24(27,28)29/h4-17,22H,1-3H3. The van der Waals surface area contributed by atoms with Crippen molar-refractivity contribution in [3.05, 3.63) is 90.5 Å². The zero-order valence-corrected chi connectivity index (χ0v) is 21.1. The van der Waals surface area contributed by atoms with Crippen molar-refractivity contribution < 1.29 is 38.4 Å². The highest BCUT2D eigenvalue weighted by Crippen LogP contribution is 2.70. The molecule has 1 unspecified atom stereocenters. The summed E-state index contributed by atoms with van der Waals surface area (Å²) < 4.78 is 112. The van der Waals surface area contributed by atoms with Crippen LogP contribution < -0.4 is 0 Å². The molecule has 0 aliphatic heterocycles. The van der Waals surface area contributed by atoms with Gasteiger partial charge in [-0.05, 0) is 57.7 Å². The minimum atomic E-state index is -6.47. The van der Waals surface area contributed by atoms with Gasteiger partial charge in [0, 0.05) is 14.7 Å². The van der Waals surface area contributed by atoms with Crippen LogP contribution in [0.15, 0.2) is 99.6 Å². The summed E-state index contributed by atoms with van der Waals surface area (Å²) in [5.41, 5.74) is 0.513. The van der Waals surface area contributed by atoms with E-state index in [0.717, 1.165) is 5.56 Å². The van der Waals surface area contributed by atoms with Crippen LogP contribution in [0.3, 0.4) is 0 Å². The Balaban J connectivity index is 2.34. The normalized spacial score (nSPS) is 14.9. The number of alkyl halides is 6. The smallest absolute Gasteiger partial charge is 0.229 e. The topological polar surface area (TPSA) is 43.4 Å². The first-order valence-corrected chi connectivity index (χ1v) is 13.6. The lowest BCUT2D eigenvalue weighted by Crippen LogP contribution is -2.48. The third kappa shape index (κ3) is 5.28. The van der Waals surface area contributed by atoms with E-state index >= 15 is 0 Å². The van der Waals surface area contributed by atoms with Crippen molar-refractivity contribution in [2.75, 3.05) is 0 Å². The van der Waals surface area contributed by atoms with Crippen molar-refractivity contribution in [2.24, 2.45) is 0 Å². The molecule has 0 heterocycles. The van der Waals surface area contributed by atoms with Crippen LogP contribution in [0.1, 0.15) is 26.3 Å². The molecule has 3 aromatic rings. The lowest BCUT2D eigenvalue weighted by atomic mass is 9.87. The molecule has 0 fully saturated rings. The van der Waals surface area contributed by atoms with Gasteiger partial charge in [-0.1, -0.05) is 69.3 Å². The lowest BCUT2D eigenvalue weighted by molar-refractivity contribution is -0.222. The highest BCUT2D eigenvalue weighted by Gasteiger charge is 2.66. The van der Waals surface area contributed by atoms with E-state index in [1.54, 1.807) is 24.3 Å². The first kappa shape index (κ1) is 28.1. The predicted octanol–water partition coefficient (Wildman–Crippen LogP) is 8.02. The van der Waals surface area contributed by atoms with Crippen molar-refractivity contribution >= 4 is 20.4 Å². The number of hydrogen-bond donors (Lipinski definition) is 0. The van der Waals surface area contributed by atoms with Gasteiger partial charge in [-0.3, -0.25) is 0 Å². The van der Waals surface area contributed by atoms with E-state index in [9.17, 15) is 34.8 Å².